The minimum atomic E-state index is -0.777. The number of fused-ring (bicyclic) bond motifs is 5. The van der Waals surface area contributed by atoms with Crippen LogP contribution in [0.4, 0.5) is 14.5 Å². The van der Waals surface area contributed by atoms with Gasteiger partial charge < -0.3 is 15.3 Å². The zero-order valence-corrected chi connectivity index (χ0v) is 18.7. The number of aromatic nitrogens is 2. The fraction of sp³-hybridized carbons (Fsp3) is 0.227. The molecule has 168 valence electrons. The molecule has 1 aromatic heterocycles. The molecule has 2 bridgehead atoms. The van der Waals surface area contributed by atoms with Crippen LogP contribution in [-0.4, -0.2) is 30.8 Å². The van der Waals surface area contributed by atoms with E-state index in [1.54, 1.807) is 17.9 Å². The van der Waals surface area contributed by atoms with E-state index in [0.717, 1.165) is 16.7 Å². The van der Waals surface area contributed by atoms with Crippen molar-refractivity contribution in [1.29, 1.82) is 5.26 Å². The van der Waals surface area contributed by atoms with Crippen LogP contribution in [0.2, 0.25) is 5.02 Å². The Morgan fingerprint density at radius 2 is 2.00 bits per heavy atom. The van der Waals surface area contributed by atoms with Gasteiger partial charge >= 0.3 is 5.69 Å². The van der Waals surface area contributed by atoms with Crippen LogP contribution in [-0.2, 0) is 0 Å². The summed E-state index contributed by atoms with van der Waals surface area (Å²) in [4.78, 5) is 15.0. The van der Waals surface area contributed by atoms with Crippen molar-refractivity contribution < 1.29 is 13.9 Å². The van der Waals surface area contributed by atoms with Crippen LogP contribution in [0, 0.1) is 29.9 Å². The van der Waals surface area contributed by atoms with Gasteiger partial charge in [0, 0.05) is 6.54 Å². The summed E-state index contributed by atoms with van der Waals surface area (Å²) in [5, 5.41) is 23.1. The van der Waals surface area contributed by atoms with E-state index in [9.17, 15) is 23.9 Å². The fourth-order valence-electron chi connectivity index (χ4n) is 4.69. The van der Waals surface area contributed by atoms with E-state index in [-0.39, 0.29) is 33.3 Å². The molecular formula is C22H16ClF2N5O2S. The van der Waals surface area contributed by atoms with Crippen molar-refractivity contribution in [2.45, 2.75) is 25.4 Å². The third-order valence-corrected chi connectivity index (χ3v) is 7.06. The lowest BCUT2D eigenvalue weighted by Crippen LogP contribution is -2.40. The smallest absolute Gasteiger partial charge is 0.336 e. The van der Waals surface area contributed by atoms with Crippen molar-refractivity contribution in [2.75, 3.05) is 11.9 Å². The summed E-state index contributed by atoms with van der Waals surface area (Å²) in [5.74, 6) is -1.82. The molecule has 0 amide bonds. The normalized spacial score (nSPS) is 18.3. The summed E-state index contributed by atoms with van der Waals surface area (Å²) in [6, 6.07) is 7.81. The molecule has 2 aliphatic rings. The topological polar surface area (TPSA) is 86.2 Å². The standard InChI is InChI=1S/C22H16ClF2N5O2S/c1-10-15(6-5-11(8-26)17(10)23)30-20(31)19-16-7-12(29(19)22(30)32)9-28(16)21(33)27-18-13(24)3-2-4-14(18)25/h2-6,12,16,31H,7,9H2,1H3,(H,27,33)/t12-,16-/m0/s1. The second-order valence-electron chi connectivity index (χ2n) is 7.96. The summed E-state index contributed by atoms with van der Waals surface area (Å²) in [6.07, 6.45) is 0.521. The van der Waals surface area contributed by atoms with Gasteiger partial charge in [-0.05, 0) is 55.4 Å². The number of aromatic hydroxyl groups is 1. The van der Waals surface area contributed by atoms with Gasteiger partial charge in [0.15, 0.2) is 5.11 Å². The molecule has 2 aliphatic heterocycles. The maximum absolute atomic E-state index is 14.1. The third-order valence-electron chi connectivity index (χ3n) is 6.23. The molecule has 0 unspecified atom stereocenters. The van der Waals surface area contributed by atoms with Gasteiger partial charge in [0.05, 0.1) is 28.4 Å². The number of hydrogen-bond acceptors (Lipinski definition) is 4. The van der Waals surface area contributed by atoms with E-state index in [1.807, 2.05) is 6.07 Å². The van der Waals surface area contributed by atoms with Crippen LogP contribution in [0.5, 0.6) is 5.88 Å². The van der Waals surface area contributed by atoms with Crippen LogP contribution in [0.15, 0.2) is 35.1 Å². The molecule has 7 nitrogen and oxygen atoms in total. The van der Waals surface area contributed by atoms with Crippen LogP contribution in [0.25, 0.3) is 5.69 Å². The van der Waals surface area contributed by atoms with Crippen molar-refractivity contribution in [2.24, 2.45) is 0 Å². The molecule has 2 atom stereocenters. The van der Waals surface area contributed by atoms with Crippen LogP contribution in [0.3, 0.4) is 0 Å². The first-order valence-electron chi connectivity index (χ1n) is 10.0. The van der Waals surface area contributed by atoms with Crippen molar-refractivity contribution in [3.63, 3.8) is 0 Å². The number of nitrogens with zero attached hydrogens (tertiary/aromatic N) is 4. The molecule has 2 N–H and O–H groups in total. The molecule has 3 heterocycles. The van der Waals surface area contributed by atoms with Gasteiger partial charge in [-0.2, -0.15) is 5.26 Å². The molecule has 0 aliphatic carbocycles. The molecule has 2 aromatic carbocycles. The third kappa shape index (κ3) is 3.03. The number of rotatable bonds is 2. The van der Waals surface area contributed by atoms with Crippen molar-refractivity contribution in [3.8, 4) is 17.6 Å². The van der Waals surface area contributed by atoms with E-state index in [2.05, 4.69) is 5.32 Å². The van der Waals surface area contributed by atoms with Crippen molar-refractivity contribution in [1.82, 2.24) is 14.0 Å². The predicted molar refractivity (Wildman–Crippen MR) is 122 cm³/mol. The lowest BCUT2D eigenvalue weighted by atomic mass is 10.1. The minimum absolute atomic E-state index is 0.0925. The Morgan fingerprint density at radius 3 is 2.67 bits per heavy atom. The fourth-order valence-corrected chi connectivity index (χ4v) is 5.19. The minimum Gasteiger partial charge on any atom is -0.493 e. The van der Waals surface area contributed by atoms with Gasteiger partial charge in [-0.1, -0.05) is 17.7 Å². The Kier molecular flexibility index (Phi) is 4.92. The summed E-state index contributed by atoms with van der Waals surface area (Å²) in [7, 11) is 0. The number of benzene rings is 2. The molecule has 0 saturated carbocycles. The number of nitriles is 1. The summed E-state index contributed by atoms with van der Waals surface area (Å²) < 4.78 is 30.8. The maximum atomic E-state index is 14.1. The molecule has 1 saturated heterocycles. The number of thiocarbonyl (C=S) groups is 1. The van der Waals surface area contributed by atoms with E-state index >= 15 is 0 Å². The first kappa shape index (κ1) is 21.4. The SMILES string of the molecule is Cc1c(-n2c(O)c3n(c2=O)[C@H]2C[C@@H]3N(C(=S)Nc3c(F)cccc3F)C2)ccc(C#N)c1Cl. The Bertz CT molecular complexity index is 1420. The van der Waals surface area contributed by atoms with E-state index in [0.29, 0.717) is 29.9 Å². The molecule has 33 heavy (non-hydrogen) atoms. The number of nitrogens with one attached hydrogen (secondary N) is 1. The number of anilines is 1. The molecule has 0 radical (unpaired) electrons. The molecule has 5 rings (SSSR count). The van der Waals surface area contributed by atoms with E-state index in [4.69, 9.17) is 23.8 Å². The summed E-state index contributed by atoms with van der Waals surface area (Å²) in [6.45, 7) is 2.01. The highest BCUT2D eigenvalue weighted by molar-refractivity contribution is 7.80. The molecule has 11 heteroatoms. The van der Waals surface area contributed by atoms with Gasteiger partial charge in [-0.3, -0.25) is 4.57 Å². The maximum Gasteiger partial charge on any atom is 0.336 e. The first-order valence-corrected chi connectivity index (χ1v) is 10.8. The zero-order valence-electron chi connectivity index (χ0n) is 17.1. The van der Waals surface area contributed by atoms with Crippen LogP contribution in [0.1, 0.15) is 35.3 Å². The summed E-state index contributed by atoms with van der Waals surface area (Å²) in [5.41, 5.74) is 0.691. The Morgan fingerprint density at radius 1 is 1.30 bits per heavy atom. The van der Waals surface area contributed by atoms with E-state index < -0.39 is 23.4 Å². The van der Waals surface area contributed by atoms with Gasteiger partial charge in [0.25, 0.3) is 0 Å². The number of likely N-dealkylation sites (tertiary alicyclic amines) is 1. The zero-order chi connectivity index (χ0) is 23.6. The Hall–Kier alpha value is -3.42. The van der Waals surface area contributed by atoms with Gasteiger partial charge in [0.2, 0.25) is 5.88 Å². The predicted octanol–water partition coefficient (Wildman–Crippen LogP) is 4.15. The average Bonchev–Trinajstić information content (AvgIpc) is 3.45. The second-order valence-corrected chi connectivity index (χ2v) is 8.73. The van der Waals surface area contributed by atoms with Crippen molar-refractivity contribution in [3.05, 3.63) is 74.3 Å². The molecular weight excluding hydrogens is 472 g/mol. The number of imidazole rings is 1. The lowest BCUT2D eigenvalue weighted by Gasteiger charge is -2.30. The van der Waals surface area contributed by atoms with Crippen LogP contribution < -0.4 is 11.0 Å². The second kappa shape index (κ2) is 7.57. The number of halogens is 3. The first-order chi connectivity index (χ1) is 15.7. The van der Waals surface area contributed by atoms with Gasteiger partial charge in [0.1, 0.15) is 29.1 Å². The number of para-hydroxylation sites is 1. The Balaban J connectivity index is 1.53. The Labute approximate surface area is 197 Å². The largest absolute Gasteiger partial charge is 0.493 e. The highest BCUT2D eigenvalue weighted by Crippen LogP contribution is 2.49. The quantitative estimate of drug-likeness (QED) is 0.528. The molecule has 0 spiro atoms. The van der Waals surface area contributed by atoms with Gasteiger partial charge in [-0.25, -0.2) is 18.1 Å². The highest BCUT2D eigenvalue weighted by Gasteiger charge is 2.48. The van der Waals surface area contributed by atoms with E-state index in [1.165, 1.54) is 16.7 Å². The summed E-state index contributed by atoms with van der Waals surface area (Å²) >= 11 is 11.7. The highest BCUT2D eigenvalue weighted by atomic mass is 35.5. The number of hydrogen-bond donors (Lipinski definition) is 2. The van der Waals surface area contributed by atoms with Crippen LogP contribution >= 0.6 is 23.8 Å². The monoisotopic (exact) mass is 487 g/mol. The van der Waals surface area contributed by atoms with Crippen molar-refractivity contribution >= 4 is 34.6 Å². The average molecular weight is 488 g/mol. The molecule has 1 fully saturated rings. The van der Waals surface area contributed by atoms with Gasteiger partial charge in [-0.15, -0.1) is 0 Å². The lowest BCUT2D eigenvalue weighted by molar-refractivity contribution is 0.341. The molecule has 3 aromatic rings.